The smallest absolute Gasteiger partial charge is 0.247 e. The Hall–Kier alpha value is -2.69. The molecule has 20 heavy (non-hydrogen) atoms. The molecular weight excluding hydrogens is 252 g/mol. The summed E-state index contributed by atoms with van der Waals surface area (Å²) < 4.78 is 5.15. The van der Waals surface area contributed by atoms with Crippen molar-refractivity contribution in [2.45, 2.75) is 13.5 Å². The predicted molar refractivity (Wildman–Crippen MR) is 76.0 cm³/mol. The summed E-state index contributed by atoms with van der Waals surface area (Å²) in [7, 11) is 0. The van der Waals surface area contributed by atoms with E-state index in [1.165, 1.54) is 6.39 Å². The van der Waals surface area contributed by atoms with Gasteiger partial charge in [-0.15, -0.1) is 10.2 Å². The first-order valence-electron chi connectivity index (χ1n) is 6.33. The number of aryl methyl sites for hydroxylation is 1. The highest BCUT2D eigenvalue weighted by Crippen LogP contribution is 2.19. The molecule has 2 heterocycles. The summed E-state index contributed by atoms with van der Waals surface area (Å²) in [6.45, 7) is 2.72. The van der Waals surface area contributed by atoms with E-state index in [1.54, 1.807) is 0 Å². The van der Waals surface area contributed by atoms with Crippen LogP contribution in [0.5, 0.6) is 0 Å². The maximum Gasteiger partial charge on any atom is 0.247 e. The van der Waals surface area contributed by atoms with Crippen molar-refractivity contribution in [2.75, 3.05) is 5.32 Å². The molecular formula is C15H14N4O. The van der Waals surface area contributed by atoms with E-state index >= 15 is 0 Å². The molecule has 1 aromatic carbocycles. The lowest BCUT2D eigenvalue weighted by Crippen LogP contribution is -2.01. The van der Waals surface area contributed by atoms with Crippen LogP contribution in [0.1, 0.15) is 11.3 Å². The fourth-order valence-electron chi connectivity index (χ4n) is 1.83. The van der Waals surface area contributed by atoms with Crippen LogP contribution < -0.4 is 5.32 Å². The second-order valence-electron chi connectivity index (χ2n) is 4.50. The van der Waals surface area contributed by atoms with E-state index in [0.29, 0.717) is 12.4 Å². The van der Waals surface area contributed by atoms with Crippen LogP contribution in [0.2, 0.25) is 0 Å². The molecule has 0 amide bonds. The fourth-order valence-corrected chi connectivity index (χ4v) is 1.83. The average Bonchev–Trinajstić information content (AvgIpc) is 3.01. The predicted octanol–water partition coefficient (Wildman–Crippen LogP) is 3.05. The molecule has 0 aliphatic carbocycles. The van der Waals surface area contributed by atoms with E-state index in [1.807, 2.05) is 43.5 Å². The molecule has 0 aliphatic rings. The number of nitrogens with zero attached hydrogens (tertiary/aromatic N) is 3. The molecule has 0 spiro atoms. The third-order valence-electron chi connectivity index (χ3n) is 2.94. The van der Waals surface area contributed by atoms with Crippen molar-refractivity contribution in [3.8, 4) is 11.5 Å². The number of nitrogens with one attached hydrogen (secondary N) is 1. The topological polar surface area (TPSA) is 63.8 Å². The van der Waals surface area contributed by atoms with Crippen molar-refractivity contribution in [3.63, 3.8) is 0 Å². The Morgan fingerprint density at radius 1 is 1.10 bits per heavy atom. The highest BCUT2D eigenvalue weighted by molar-refractivity contribution is 5.58. The summed E-state index contributed by atoms with van der Waals surface area (Å²) in [5.41, 5.74) is 4.10. The third-order valence-corrected chi connectivity index (χ3v) is 2.94. The highest BCUT2D eigenvalue weighted by Gasteiger charge is 2.02. The number of hydrogen-bond acceptors (Lipinski definition) is 5. The molecule has 2 aromatic heterocycles. The second-order valence-corrected chi connectivity index (χ2v) is 4.50. The van der Waals surface area contributed by atoms with Crippen molar-refractivity contribution in [3.05, 3.63) is 60.2 Å². The van der Waals surface area contributed by atoms with Crippen molar-refractivity contribution in [2.24, 2.45) is 0 Å². The van der Waals surface area contributed by atoms with E-state index in [4.69, 9.17) is 4.42 Å². The van der Waals surface area contributed by atoms with E-state index in [-0.39, 0.29) is 0 Å². The van der Waals surface area contributed by atoms with Gasteiger partial charge >= 0.3 is 0 Å². The number of benzene rings is 1. The molecule has 0 fully saturated rings. The quantitative estimate of drug-likeness (QED) is 0.786. The monoisotopic (exact) mass is 266 g/mol. The SMILES string of the molecule is Cc1ccc(CNc2ccc(-c3nnco3)cc2)nc1. The zero-order valence-electron chi connectivity index (χ0n) is 11.1. The molecule has 0 unspecified atom stereocenters. The molecule has 5 heteroatoms. The largest absolute Gasteiger partial charge is 0.423 e. The van der Waals surface area contributed by atoms with Gasteiger partial charge in [0.1, 0.15) is 0 Å². The Bertz CT molecular complexity index is 660. The normalized spacial score (nSPS) is 10.4. The maximum atomic E-state index is 5.15. The Balaban J connectivity index is 1.65. The summed E-state index contributed by atoms with van der Waals surface area (Å²) in [4.78, 5) is 4.36. The molecule has 100 valence electrons. The van der Waals surface area contributed by atoms with Crippen molar-refractivity contribution in [1.29, 1.82) is 0 Å². The summed E-state index contributed by atoms with van der Waals surface area (Å²) in [6, 6.07) is 11.9. The van der Waals surface area contributed by atoms with Gasteiger partial charge in [0.05, 0.1) is 12.2 Å². The molecule has 5 nitrogen and oxygen atoms in total. The molecule has 0 aliphatic heterocycles. The molecule has 0 saturated carbocycles. The fraction of sp³-hybridized carbons (Fsp3) is 0.133. The lowest BCUT2D eigenvalue weighted by Gasteiger charge is -2.06. The summed E-state index contributed by atoms with van der Waals surface area (Å²) in [6.07, 6.45) is 3.19. The van der Waals surface area contributed by atoms with E-state index in [9.17, 15) is 0 Å². The molecule has 3 rings (SSSR count). The number of aromatic nitrogens is 3. The minimum Gasteiger partial charge on any atom is -0.423 e. The van der Waals surface area contributed by atoms with Gasteiger partial charge in [-0.05, 0) is 42.8 Å². The van der Waals surface area contributed by atoms with Gasteiger partial charge < -0.3 is 9.73 Å². The van der Waals surface area contributed by atoms with Crippen LogP contribution in [-0.2, 0) is 6.54 Å². The van der Waals surface area contributed by atoms with Crippen LogP contribution in [0.3, 0.4) is 0 Å². The van der Waals surface area contributed by atoms with Crippen LogP contribution >= 0.6 is 0 Å². The first-order chi connectivity index (χ1) is 9.81. The standard InChI is InChI=1S/C15H14N4O/c1-11-2-5-14(16-8-11)9-17-13-6-3-12(4-7-13)15-19-18-10-20-15/h2-8,10,17H,9H2,1H3. The lowest BCUT2D eigenvalue weighted by molar-refractivity contribution is 0.568. The molecule has 3 aromatic rings. The summed E-state index contributed by atoms with van der Waals surface area (Å²) in [5.74, 6) is 0.525. The van der Waals surface area contributed by atoms with Crippen LogP contribution in [0, 0.1) is 6.92 Å². The highest BCUT2D eigenvalue weighted by atomic mass is 16.4. The van der Waals surface area contributed by atoms with Crippen LogP contribution in [0.25, 0.3) is 11.5 Å². The van der Waals surface area contributed by atoms with Crippen LogP contribution in [-0.4, -0.2) is 15.2 Å². The van der Waals surface area contributed by atoms with E-state index in [0.717, 1.165) is 22.5 Å². The van der Waals surface area contributed by atoms with Gasteiger partial charge in [-0.3, -0.25) is 4.98 Å². The number of anilines is 1. The van der Waals surface area contributed by atoms with Crippen molar-refractivity contribution >= 4 is 5.69 Å². The Kier molecular flexibility index (Phi) is 3.41. The minimum absolute atomic E-state index is 0.525. The van der Waals surface area contributed by atoms with Gasteiger partial charge in [0.15, 0.2) is 0 Å². The summed E-state index contributed by atoms with van der Waals surface area (Å²) in [5, 5.41) is 10.9. The first kappa shape index (κ1) is 12.3. The maximum absolute atomic E-state index is 5.15. The number of rotatable bonds is 4. The van der Waals surface area contributed by atoms with Crippen molar-refractivity contribution < 1.29 is 4.42 Å². The molecule has 0 saturated heterocycles. The summed E-state index contributed by atoms with van der Waals surface area (Å²) >= 11 is 0. The zero-order valence-corrected chi connectivity index (χ0v) is 11.1. The Labute approximate surface area is 116 Å². The van der Waals surface area contributed by atoms with Gasteiger partial charge in [0.25, 0.3) is 0 Å². The van der Waals surface area contributed by atoms with Crippen LogP contribution in [0.4, 0.5) is 5.69 Å². The minimum atomic E-state index is 0.525. The van der Waals surface area contributed by atoms with Gasteiger partial charge in [-0.1, -0.05) is 6.07 Å². The second kappa shape index (κ2) is 5.52. The van der Waals surface area contributed by atoms with Gasteiger partial charge in [0, 0.05) is 17.4 Å². The number of pyridine rings is 1. The van der Waals surface area contributed by atoms with E-state index < -0.39 is 0 Å². The molecule has 0 bridgehead atoms. The van der Waals surface area contributed by atoms with Crippen molar-refractivity contribution in [1.82, 2.24) is 15.2 Å². The lowest BCUT2D eigenvalue weighted by atomic mass is 10.2. The molecule has 0 atom stereocenters. The Morgan fingerprint density at radius 2 is 1.95 bits per heavy atom. The average molecular weight is 266 g/mol. The zero-order chi connectivity index (χ0) is 13.8. The van der Waals surface area contributed by atoms with E-state index in [2.05, 4.69) is 26.6 Å². The van der Waals surface area contributed by atoms with Gasteiger partial charge in [-0.2, -0.15) is 0 Å². The first-order valence-corrected chi connectivity index (χ1v) is 6.33. The molecule has 1 N–H and O–H groups in total. The molecule has 0 radical (unpaired) electrons. The number of hydrogen-bond donors (Lipinski definition) is 1. The third kappa shape index (κ3) is 2.83. The van der Waals surface area contributed by atoms with Gasteiger partial charge in [-0.25, -0.2) is 0 Å². The Morgan fingerprint density at radius 3 is 2.60 bits per heavy atom. The van der Waals surface area contributed by atoms with Crippen LogP contribution in [0.15, 0.2) is 53.4 Å². The van der Waals surface area contributed by atoms with Gasteiger partial charge in [0.2, 0.25) is 12.3 Å².